The Morgan fingerprint density at radius 2 is 2.00 bits per heavy atom. The summed E-state index contributed by atoms with van der Waals surface area (Å²) in [7, 11) is 0. The Morgan fingerprint density at radius 3 is 2.70 bits per heavy atom. The molecule has 27 heavy (non-hydrogen) atoms. The first-order chi connectivity index (χ1) is 13.2. The molecule has 1 aliphatic rings. The maximum absolute atomic E-state index is 8.97. The van der Waals surface area contributed by atoms with Crippen LogP contribution in [-0.4, -0.2) is 16.1 Å². The third-order valence-corrected chi connectivity index (χ3v) is 5.71. The second kappa shape index (κ2) is 7.62. The van der Waals surface area contributed by atoms with Gasteiger partial charge >= 0.3 is 0 Å². The minimum atomic E-state index is 0.182. The average molecular weight is 380 g/mol. The Kier molecular flexibility index (Phi) is 5.05. The Balaban J connectivity index is 1.40. The molecule has 1 aliphatic carbocycles. The molecule has 1 saturated carbocycles. The maximum atomic E-state index is 8.97. The fraction of sp³-hybridized carbons (Fsp3) is 0.364. The lowest BCUT2D eigenvalue weighted by Crippen LogP contribution is -2.23. The number of aryl methyl sites for hydroxylation is 1. The molecule has 0 saturated heterocycles. The fourth-order valence-electron chi connectivity index (χ4n) is 3.80. The van der Waals surface area contributed by atoms with Crippen molar-refractivity contribution in [2.75, 3.05) is 0 Å². The van der Waals surface area contributed by atoms with Gasteiger partial charge in [-0.15, -0.1) is 0 Å². The molecule has 0 spiro atoms. The van der Waals surface area contributed by atoms with Gasteiger partial charge in [-0.1, -0.05) is 24.6 Å². The minimum Gasteiger partial charge on any atom is -0.490 e. The molecule has 2 aromatic carbocycles. The second-order valence-corrected chi connectivity index (χ2v) is 7.58. The van der Waals surface area contributed by atoms with Crippen LogP contribution in [0, 0.1) is 11.3 Å². The Hall–Kier alpha value is -2.51. The summed E-state index contributed by atoms with van der Waals surface area (Å²) in [6.45, 7) is 2.17. The third kappa shape index (κ3) is 3.79. The summed E-state index contributed by atoms with van der Waals surface area (Å²) in [6, 6.07) is 13.8. The molecule has 0 radical (unpaired) electrons. The zero-order valence-corrected chi connectivity index (χ0v) is 16.1. The van der Waals surface area contributed by atoms with Crippen molar-refractivity contribution >= 4 is 22.6 Å². The van der Waals surface area contributed by atoms with Gasteiger partial charge < -0.3 is 9.72 Å². The number of fused-ring (bicyclic) bond motifs is 1. The van der Waals surface area contributed by atoms with Crippen LogP contribution in [0.3, 0.4) is 0 Å². The number of aromatic amines is 1. The number of nitrogens with zero attached hydrogens (tertiary/aromatic N) is 2. The molecule has 5 heteroatoms. The highest BCUT2D eigenvalue weighted by atomic mass is 35.5. The molecular weight excluding hydrogens is 358 g/mol. The van der Waals surface area contributed by atoms with Crippen LogP contribution in [-0.2, 0) is 6.42 Å². The highest BCUT2D eigenvalue weighted by molar-refractivity contribution is 6.31. The zero-order chi connectivity index (χ0) is 18.8. The number of benzene rings is 2. The molecule has 0 aliphatic heterocycles. The van der Waals surface area contributed by atoms with E-state index in [4.69, 9.17) is 26.6 Å². The van der Waals surface area contributed by atoms with E-state index >= 15 is 0 Å². The second-order valence-electron chi connectivity index (χ2n) is 7.17. The van der Waals surface area contributed by atoms with E-state index in [1.807, 2.05) is 6.07 Å². The van der Waals surface area contributed by atoms with E-state index in [0.29, 0.717) is 16.5 Å². The molecule has 3 aromatic rings. The first kappa shape index (κ1) is 17.9. The van der Waals surface area contributed by atoms with Gasteiger partial charge in [-0.3, -0.25) is 0 Å². The van der Waals surface area contributed by atoms with Crippen LogP contribution >= 0.6 is 11.6 Å². The van der Waals surface area contributed by atoms with Crippen LogP contribution in [0.25, 0.3) is 11.0 Å². The predicted molar refractivity (Wildman–Crippen MR) is 107 cm³/mol. The van der Waals surface area contributed by atoms with Crippen LogP contribution in [0.15, 0.2) is 36.4 Å². The van der Waals surface area contributed by atoms with Gasteiger partial charge in [-0.25, -0.2) is 4.98 Å². The highest BCUT2D eigenvalue weighted by Gasteiger charge is 2.25. The van der Waals surface area contributed by atoms with E-state index in [2.05, 4.69) is 36.2 Å². The lowest BCUT2D eigenvalue weighted by molar-refractivity contribution is 0.145. The fourth-order valence-corrected chi connectivity index (χ4v) is 4.01. The number of halogens is 1. The summed E-state index contributed by atoms with van der Waals surface area (Å²) in [5.41, 5.74) is 3.99. The minimum absolute atomic E-state index is 0.182. The summed E-state index contributed by atoms with van der Waals surface area (Å²) in [4.78, 5) is 8.33. The topological polar surface area (TPSA) is 61.7 Å². The zero-order valence-electron chi connectivity index (χ0n) is 15.3. The van der Waals surface area contributed by atoms with Crippen LogP contribution in [0.1, 0.15) is 55.5 Å². The van der Waals surface area contributed by atoms with Crippen molar-refractivity contribution in [2.24, 2.45) is 0 Å². The Morgan fingerprint density at radius 1 is 1.19 bits per heavy atom. The quantitative estimate of drug-likeness (QED) is 0.627. The number of hydrogen-bond donors (Lipinski definition) is 1. The number of ether oxygens (including phenoxy) is 1. The van der Waals surface area contributed by atoms with Crippen molar-refractivity contribution in [3.8, 4) is 11.8 Å². The van der Waals surface area contributed by atoms with Gasteiger partial charge in [-0.2, -0.15) is 5.26 Å². The van der Waals surface area contributed by atoms with Gasteiger partial charge in [0.2, 0.25) is 0 Å². The smallest absolute Gasteiger partial charge is 0.121 e. The predicted octanol–water partition coefficient (Wildman–Crippen LogP) is 5.76. The van der Waals surface area contributed by atoms with E-state index < -0.39 is 0 Å². The lowest BCUT2D eigenvalue weighted by Gasteiger charge is -2.28. The number of rotatable bonds is 4. The van der Waals surface area contributed by atoms with Crippen molar-refractivity contribution in [1.29, 1.82) is 5.26 Å². The van der Waals surface area contributed by atoms with E-state index in [1.165, 1.54) is 5.56 Å². The van der Waals surface area contributed by atoms with Gasteiger partial charge in [-0.05, 0) is 61.9 Å². The van der Waals surface area contributed by atoms with Crippen LogP contribution in [0.5, 0.6) is 5.75 Å². The Labute approximate surface area is 164 Å². The van der Waals surface area contributed by atoms with Gasteiger partial charge in [0.1, 0.15) is 17.6 Å². The normalized spacial score (nSPS) is 19.7. The summed E-state index contributed by atoms with van der Waals surface area (Å²) < 4.78 is 6.08. The molecule has 4 rings (SSSR count). The molecule has 0 amide bonds. The van der Waals surface area contributed by atoms with Gasteiger partial charge in [0.05, 0.1) is 27.7 Å². The number of imidazole rings is 1. The van der Waals surface area contributed by atoms with E-state index in [9.17, 15) is 0 Å². The summed E-state index contributed by atoms with van der Waals surface area (Å²) in [6.07, 6.45) is 5.29. The summed E-state index contributed by atoms with van der Waals surface area (Å²) >= 11 is 6.10. The first-order valence-electron chi connectivity index (χ1n) is 9.51. The van der Waals surface area contributed by atoms with Crippen molar-refractivity contribution in [1.82, 2.24) is 9.97 Å². The highest BCUT2D eigenvalue weighted by Crippen LogP contribution is 2.34. The van der Waals surface area contributed by atoms with Crippen molar-refractivity contribution in [3.63, 3.8) is 0 Å². The standard InChI is InChI=1S/C22H22ClN3O/c1-2-14-3-10-20-21(11-14)26-22(25-20)15-4-7-17(8-5-15)27-18-9-6-16(13-24)19(23)12-18/h3,6,9-12,15,17H,2,4-5,7-8H2,1H3,(H,25,26). The van der Waals surface area contributed by atoms with Crippen molar-refractivity contribution in [2.45, 2.75) is 51.0 Å². The molecule has 1 fully saturated rings. The molecule has 0 bridgehead atoms. The first-order valence-corrected chi connectivity index (χ1v) is 9.89. The number of nitrogens with one attached hydrogen (secondary N) is 1. The monoisotopic (exact) mass is 379 g/mol. The largest absolute Gasteiger partial charge is 0.490 e. The molecule has 0 atom stereocenters. The lowest BCUT2D eigenvalue weighted by atomic mass is 9.87. The molecule has 1 heterocycles. The maximum Gasteiger partial charge on any atom is 0.121 e. The SMILES string of the molecule is CCc1ccc2nc(C3CCC(Oc4ccc(C#N)c(Cl)c4)CC3)[nH]c2c1. The number of aromatic nitrogens is 2. The summed E-state index contributed by atoms with van der Waals surface area (Å²) in [5.74, 6) is 2.28. The van der Waals surface area contributed by atoms with Crippen molar-refractivity contribution < 1.29 is 4.74 Å². The van der Waals surface area contributed by atoms with Gasteiger partial charge in [0.25, 0.3) is 0 Å². The molecule has 4 nitrogen and oxygen atoms in total. The average Bonchev–Trinajstić information content (AvgIpc) is 3.12. The van der Waals surface area contributed by atoms with Crippen LogP contribution in [0.4, 0.5) is 0 Å². The van der Waals surface area contributed by atoms with E-state index in [1.54, 1.807) is 12.1 Å². The number of hydrogen-bond acceptors (Lipinski definition) is 3. The van der Waals surface area contributed by atoms with Gasteiger partial charge in [0, 0.05) is 12.0 Å². The molecular formula is C22H22ClN3O. The van der Waals surface area contributed by atoms with E-state index in [0.717, 1.165) is 54.7 Å². The molecule has 0 unspecified atom stereocenters. The third-order valence-electron chi connectivity index (χ3n) is 5.40. The molecule has 138 valence electrons. The number of nitriles is 1. The van der Waals surface area contributed by atoms with Crippen LogP contribution < -0.4 is 4.74 Å². The van der Waals surface area contributed by atoms with Crippen LogP contribution in [0.2, 0.25) is 5.02 Å². The Bertz CT molecular complexity index is 996. The molecule has 1 aromatic heterocycles. The molecule has 1 N–H and O–H groups in total. The van der Waals surface area contributed by atoms with E-state index in [-0.39, 0.29) is 6.10 Å². The summed E-state index contributed by atoms with van der Waals surface area (Å²) in [5, 5.41) is 9.41. The van der Waals surface area contributed by atoms with Gasteiger partial charge in [0.15, 0.2) is 0 Å². The van der Waals surface area contributed by atoms with Crippen molar-refractivity contribution in [3.05, 3.63) is 58.4 Å². The number of H-pyrrole nitrogens is 1.